The van der Waals surface area contributed by atoms with Crippen molar-refractivity contribution in [3.8, 4) is 6.07 Å². The van der Waals surface area contributed by atoms with Gasteiger partial charge >= 0.3 is 12.1 Å². The zero-order valence-corrected chi connectivity index (χ0v) is 9.86. The van der Waals surface area contributed by atoms with Crippen LogP contribution < -0.4 is 5.32 Å². The number of amides is 1. The first-order chi connectivity index (χ1) is 7.85. The SMILES string of the molecule is CC(C)(O)OC(=O)NCCCC(=O)OCC#N. The zero-order valence-electron chi connectivity index (χ0n) is 9.86. The lowest BCUT2D eigenvalue weighted by Gasteiger charge is -2.18. The molecule has 0 bridgehead atoms. The number of nitrogens with zero attached hydrogens (tertiary/aromatic N) is 1. The molecule has 0 heterocycles. The van der Waals surface area contributed by atoms with E-state index < -0.39 is 17.8 Å². The lowest BCUT2D eigenvalue weighted by molar-refractivity contribution is -0.142. The molecule has 0 aliphatic rings. The highest BCUT2D eigenvalue weighted by molar-refractivity contribution is 5.70. The second-order valence-corrected chi connectivity index (χ2v) is 3.69. The van der Waals surface area contributed by atoms with Crippen molar-refractivity contribution in [3.05, 3.63) is 0 Å². The van der Waals surface area contributed by atoms with Crippen molar-refractivity contribution in [2.75, 3.05) is 13.2 Å². The molecule has 96 valence electrons. The first-order valence-electron chi connectivity index (χ1n) is 5.07. The Morgan fingerprint density at radius 2 is 2.12 bits per heavy atom. The molecule has 0 saturated heterocycles. The average molecular weight is 244 g/mol. The Morgan fingerprint density at radius 1 is 1.47 bits per heavy atom. The topological polar surface area (TPSA) is 109 Å². The predicted octanol–water partition coefficient (Wildman–Crippen LogP) is 0.288. The molecule has 0 spiro atoms. The molecule has 7 nitrogen and oxygen atoms in total. The number of rotatable bonds is 6. The summed E-state index contributed by atoms with van der Waals surface area (Å²) in [6.07, 6.45) is -0.293. The Hall–Kier alpha value is -1.81. The number of esters is 1. The van der Waals surface area contributed by atoms with Crippen LogP contribution in [0.1, 0.15) is 26.7 Å². The average Bonchev–Trinajstić information content (AvgIpc) is 2.19. The summed E-state index contributed by atoms with van der Waals surface area (Å²) in [4.78, 5) is 21.9. The van der Waals surface area contributed by atoms with Gasteiger partial charge in [-0.05, 0) is 6.42 Å². The molecule has 0 aliphatic heterocycles. The van der Waals surface area contributed by atoms with Gasteiger partial charge < -0.3 is 19.9 Å². The molecule has 0 atom stereocenters. The van der Waals surface area contributed by atoms with Gasteiger partial charge in [0.05, 0.1) is 0 Å². The molecule has 0 rings (SSSR count). The van der Waals surface area contributed by atoms with Gasteiger partial charge in [-0.3, -0.25) is 4.79 Å². The van der Waals surface area contributed by atoms with E-state index in [1.165, 1.54) is 13.8 Å². The zero-order chi connectivity index (χ0) is 13.3. The predicted molar refractivity (Wildman–Crippen MR) is 56.6 cm³/mol. The second kappa shape index (κ2) is 7.46. The minimum Gasteiger partial charge on any atom is -0.450 e. The van der Waals surface area contributed by atoms with E-state index in [0.717, 1.165) is 0 Å². The Kier molecular flexibility index (Phi) is 6.67. The van der Waals surface area contributed by atoms with Crippen LogP contribution in [0.3, 0.4) is 0 Å². The Bertz CT molecular complexity index is 303. The maximum absolute atomic E-state index is 11.0. The fourth-order valence-electron chi connectivity index (χ4n) is 0.871. The number of nitriles is 1. The van der Waals surface area contributed by atoms with Crippen LogP contribution in [0.2, 0.25) is 0 Å². The number of ether oxygens (including phenoxy) is 2. The molecule has 1 amide bonds. The van der Waals surface area contributed by atoms with Crippen molar-refractivity contribution in [3.63, 3.8) is 0 Å². The molecule has 7 heteroatoms. The smallest absolute Gasteiger partial charge is 0.409 e. The molecular weight excluding hydrogens is 228 g/mol. The number of carbonyl (C=O) groups excluding carboxylic acids is 2. The van der Waals surface area contributed by atoms with E-state index in [-0.39, 0.29) is 19.6 Å². The molecule has 2 N–H and O–H groups in total. The summed E-state index contributed by atoms with van der Waals surface area (Å²) in [5.41, 5.74) is 0. The molecule has 17 heavy (non-hydrogen) atoms. The number of alkyl carbamates (subject to hydrolysis) is 1. The summed E-state index contributed by atoms with van der Waals surface area (Å²) < 4.78 is 9.05. The molecule has 0 unspecified atom stereocenters. The third-order valence-corrected chi connectivity index (χ3v) is 1.47. The first kappa shape index (κ1) is 15.2. The maximum Gasteiger partial charge on any atom is 0.409 e. The van der Waals surface area contributed by atoms with Gasteiger partial charge in [0.1, 0.15) is 6.07 Å². The number of nitrogens with one attached hydrogen (secondary N) is 1. The fraction of sp³-hybridized carbons (Fsp3) is 0.700. The largest absolute Gasteiger partial charge is 0.450 e. The molecule has 0 aromatic rings. The van der Waals surface area contributed by atoms with E-state index in [0.29, 0.717) is 6.42 Å². The Morgan fingerprint density at radius 3 is 2.65 bits per heavy atom. The number of hydrogen-bond donors (Lipinski definition) is 2. The van der Waals surface area contributed by atoms with E-state index in [4.69, 9.17) is 10.4 Å². The van der Waals surface area contributed by atoms with E-state index in [1.54, 1.807) is 6.07 Å². The maximum atomic E-state index is 11.0. The Labute approximate surface area is 99.3 Å². The summed E-state index contributed by atoms with van der Waals surface area (Å²) in [6.45, 7) is 2.60. The van der Waals surface area contributed by atoms with E-state index >= 15 is 0 Å². The summed E-state index contributed by atoms with van der Waals surface area (Å²) >= 11 is 0. The van der Waals surface area contributed by atoms with Crippen LogP contribution in [-0.2, 0) is 14.3 Å². The molecule has 0 aromatic heterocycles. The third-order valence-electron chi connectivity index (χ3n) is 1.47. The minimum atomic E-state index is -1.53. The van der Waals surface area contributed by atoms with Crippen molar-refractivity contribution in [1.29, 1.82) is 5.26 Å². The number of aliphatic hydroxyl groups is 1. The van der Waals surface area contributed by atoms with Crippen LogP contribution in [0.5, 0.6) is 0 Å². The second-order valence-electron chi connectivity index (χ2n) is 3.69. The van der Waals surface area contributed by atoms with Crippen LogP contribution in [0.15, 0.2) is 0 Å². The molecular formula is C10H16N2O5. The van der Waals surface area contributed by atoms with Gasteiger partial charge in [0.2, 0.25) is 5.79 Å². The van der Waals surface area contributed by atoms with Gasteiger partial charge in [0.25, 0.3) is 0 Å². The standard InChI is InChI=1S/C10H16N2O5/c1-10(2,15)17-9(14)12-6-3-4-8(13)16-7-5-11/h15H,3-4,6-7H2,1-2H3,(H,12,14). The summed E-state index contributed by atoms with van der Waals surface area (Å²) in [6, 6.07) is 1.67. The van der Waals surface area contributed by atoms with Gasteiger partial charge in [-0.2, -0.15) is 5.26 Å². The number of hydrogen-bond acceptors (Lipinski definition) is 6. The van der Waals surface area contributed by atoms with Crippen molar-refractivity contribution in [2.45, 2.75) is 32.5 Å². The molecule has 0 aromatic carbocycles. The van der Waals surface area contributed by atoms with Crippen molar-refractivity contribution < 1.29 is 24.2 Å². The van der Waals surface area contributed by atoms with E-state index in [9.17, 15) is 9.59 Å². The highest BCUT2D eigenvalue weighted by Crippen LogP contribution is 2.02. The molecule has 0 radical (unpaired) electrons. The van der Waals surface area contributed by atoms with Crippen LogP contribution in [0.25, 0.3) is 0 Å². The first-order valence-corrected chi connectivity index (χ1v) is 5.07. The van der Waals surface area contributed by atoms with Gasteiger partial charge in [-0.15, -0.1) is 0 Å². The Balaban J connectivity index is 3.55. The normalized spacial score (nSPS) is 10.2. The van der Waals surface area contributed by atoms with Gasteiger partial charge in [0.15, 0.2) is 6.61 Å². The molecule has 0 fully saturated rings. The van der Waals surface area contributed by atoms with Crippen molar-refractivity contribution in [2.24, 2.45) is 0 Å². The molecule has 0 aliphatic carbocycles. The van der Waals surface area contributed by atoms with Gasteiger partial charge in [-0.1, -0.05) is 0 Å². The van der Waals surface area contributed by atoms with Crippen molar-refractivity contribution >= 4 is 12.1 Å². The van der Waals surface area contributed by atoms with E-state index in [2.05, 4.69) is 14.8 Å². The quantitative estimate of drug-likeness (QED) is 0.395. The van der Waals surface area contributed by atoms with Crippen LogP contribution in [-0.4, -0.2) is 36.1 Å². The lowest BCUT2D eigenvalue weighted by atomic mass is 10.3. The highest BCUT2D eigenvalue weighted by Gasteiger charge is 2.17. The molecule has 0 saturated carbocycles. The summed E-state index contributed by atoms with van der Waals surface area (Å²) in [7, 11) is 0. The third kappa shape index (κ3) is 10.5. The number of carbonyl (C=O) groups is 2. The van der Waals surface area contributed by atoms with Crippen LogP contribution in [0, 0.1) is 11.3 Å². The summed E-state index contributed by atoms with van der Waals surface area (Å²) in [5, 5.41) is 19.6. The van der Waals surface area contributed by atoms with Gasteiger partial charge in [-0.25, -0.2) is 4.79 Å². The lowest BCUT2D eigenvalue weighted by Crippen LogP contribution is -2.34. The fourth-order valence-corrected chi connectivity index (χ4v) is 0.871. The van der Waals surface area contributed by atoms with Crippen LogP contribution in [0.4, 0.5) is 4.79 Å². The van der Waals surface area contributed by atoms with Gasteiger partial charge in [0, 0.05) is 26.8 Å². The monoisotopic (exact) mass is 244 g/mol. The summed E-state index contributed by atoms with van der Waals surface area (Å²) in [5.74, 6) is -2.03. The minimum absolute atomic E-state index is 0.102. The van der Waals surface area contributed by atoms with E-state index in [1.807, 2.05) is 0 Å². The van der Waals surface area contributed by atoms with Crippen LogP contribution >= 0.6 is 0 Å². The highest BCUT2D eigenvalue weighted by atomic mass is 16.7. The van der Waals surface area contributed by atoms with Crippen molar-refractivity contribution in [1.82, 2.24) is 5.32 Å².